The monoisotopic (exact) mass is 2000 g/mol. The number of piperidine rings is 2. The Hall–Kier alpha value is -13.7. The third kappa shape index (κ3) is 30.9. The van der Waals surface area contributed by atoms with E-state index in [-0.39, 0.29) is 32.1 Å². The van der Waals surface area contributed by atoms with Gasteiger partial charge in [-0.25, -0.2) is 0 Å². The van der Waals surface area contributed by atoms with Gasteiger partial charge in [0.2, 0.25) is 0 Å². The number of halogens is 5. The molecule has 2 saturated heterocycles. The number of rotatable bonds is 23. The van der Waals surface area contributed by atoms with Gasteiger partial charge in [-0.1, -0.05) is 163 Å². The second-order valence-corrected chi connectivity index (χ2v) is 35.7. The molecule has 4 aliphatic heterocycles. The molecular formula is C108H117Cl2F3N10O20. The molecular weight excluding hydrogens is 1890 g/mol. The lowest BCUT2D eigenvalue weighted by Gasteiger charge is -2.34. The van der Waals surface area contributed by atoms with E-state index in [1.165, 1.54) is 101 Å². The number of aromatic nitrogens is 1. The molecule has 0 spiro atoms. The van der Waals surface area contributed by atoms with Crippen molar-refractivity contribution < 1.29 is 112 Å². The fourth-order valence-electron chi connectivity index (χ4n) is 16.0. The van der Waals surface area contributed by atoms with Gasteiger partial charge >= 0.3 is 6.18 Å². The largest absolute Gasteiger partial charge is 0.416 e. The van der Waals surface area contributed by atoms with Crippen molar-refractivity contribution in [1.29, 1.82) is 0 Å². The molecule has 30 nitrogen and oxygen atoms in total. The number of nitrogens with one attached hydrogen (secondary N) is 2. The number of amides is 9. The third-order valence-corrected chi connectivity index (χ3v) is 24.8. The Morgan fingerprint density at radius 2 is 0.741 bits per heavy atom. The fourth-order valence-corrected chi connectivity index (χ4v) is 16.2. The number of hydrogen-bond acceptors (Lipinski definition) is 20. The SMILES string of the molecule is CN(C)C(=O)[C@H](O)[C@@H](O)C(=O)N1CCc2cc(C#Cc3ccccc3)ccc2C1.CN(C)C(=O)[C@H](O)[C@@H](O)C(=O)N1CCc2ccc(C#Cc3ccccc3)cc21.CN(C)C(=O)[C@H](O)[C@@H](O)C(=O)n1ccc2ccc(C#Cc3ccccc3)cc21.O=C(NCCCCl)[C@H](O)[C@@H](O)C(=O)N1CCC(c2ccc(C(F)(F)F)cc2)CC1.O=C(NCCCCl)[C@H](O)[C@@H](O)C(=O)N1CCC(c2ccc3ccccc3c2)CC1. The molecule has 0 bridgehead atoms. The molecule has 5 heterocycles. The first-order valence-electron chi connectivity index (χ1n) is 46.4. The van der Waals surface area contributed by atoms with Crippen LogP contribution in [0.5, 0.6) is 0 Å². The minimum Gasteiger partial charge on any atom is -0.380 e. The molecule has 754 valence electrons. The Morgan fingerprint density at radius 3 is 1.20 bits per heavy atom. The van der Waals surface area contributed by atoms with Crippen LogP contribution in [0.3, 0.4) is 0 Å². The number of carbonyl (C=O) groups excluding carboxylic acids is 10. The lowest BCUT2D eigenvalue weighted by molar-refractivity contribution is -0.157. The molecule has 14 rings (SSSR count). The van der Waals surface area contributed by atoms with Crippen LogP contribution >= 0.6 is 23.2 Å². The molecule has 2 fully saturated rings. The van der Waals surface area contributed by atoms with Gasteiger partial charge in [0.1, 0.15) is 0 Å². The van der Waals surface area contributed by atoms with Crippen LogP contribution in [0, 0.1) is 35.5 Å². The second-order valence-electron chi connectivity index (χ2n) is 35.0. The van der Waals surface area contributed by atoms with Gasteiger partial charge in [-0.3, -0.25) is 52.5 Å². The number of alkyl halides is 5. The van der Waals surface area contributed by atoms with E-state index >= 15 is 0 Å². The summed E-state index contributed by atoms with van der Waals surface area (Å²) in [5.74, 6) is 12.3. The topological polar surface area (TPSA) is 425 Å². The molecule has 12 N–H and O–H groups in total. The molecule has 9 aromatic carbocycles. The van der Waals surface area contributed by atoms with Crippen LogP contribution in [0.25, 0.3) is 21.7 Å². The summed E-state index contributed by atoms with van der Waals surface area (Å²) in [4.78, 5) is 131. The van der Waals surface area contributed by atoms with E-state index in [1.54, 1.807) is 18.2 Å². The number of benzene rings is 9. The van der Waals surface area contributed by atoms with Gasteiger partial charge in [0.25, 0.3) is 59.1 Å². The van der Waals surface area contributed by atoms with Crippen molar-refractivity contribution in [2.24, 2.45) is 0 Å². The average molecular weight is 2000 g/mol. The molecule has 0 saturated carbocycles. The summed E-state index contributed by atoms with van der Waals surface area (Å²) in [5.41, 5.74) is 10.5. The van der Waals surface area contributed by atoms with E-state index in [1.807, 2.05) is 146 Å². The van der Waals surface area contributed by atoms with Crippen molar-refractivity contribution in [1.82, 2.24) is 44.6 Å². The maximum absolute atomic E-state index is 12.7. The summed E-state index contributed by atoms with van der Waals surface area (Å²) in [5, 5.41) is 108. The molecule has 4 aliphatic rings. The van der Waals surface area contributed by atoms with Crippen LogP contribution in [0.4, 0.5) is 18.9 Å². The molecule has 1 aromatic heterocycles. The van der Waals surface area contributed by atoms with Crippen molar-refractivity contribution in [2.45, 2.75) is 137 Å². The fraction of sp³-hybridized carbons (Fsp3) is 0.352. The lowest BCUT2D eigenvalue weighted by Crippen LogP contribution is -2.52. The van der Waals surface area contributed by atoms with Crippen LogP contribution in [-0.2, 0) is 68.7 Å². The highest BCUT2D eigenvalue weighted by Gasteiger charge is 2.42. The Labute approximate surface area is 836 Å². The zero-order chi connectivity index (χ0) is 104. The standard InChI is InChI=1S/C23H24N2O4.C22H27ClN2O4.C22H22N2O4.C22H20N2O4.C19H24ClF3N2O4/c1-24(2)22(28)20(26)21(27)23(29)25-13-12-18-14-17(10-11-19(18)15-25)9-8-16-6-4-3-5-7-16;23-10-3-11-24-21(28)19(26)20(27)22(29)25-12-8-16(9-13-25)18-7-6-15-4-1-2-5-17(15)14-18;2*1-23(2)21(27)19(25)20(26)22(28)24-13-12-17-11-10-16(14-18(17)24)9-8-15-6-4-3-5-7-15;20-8-1-9-24-17(28)15(26)16(27)18(29)25-10-6-13(7-11-25)12-2-4-14(5-3-12)19(21,22)23/h3-7,10-11,14,20-21,26-27H,12-13,15H2,1-2H3;1-2,4-7,14,16,19-20,26-27H,3,8-13H2,(H,24,28);3-7,10-11,14,19-20,25-26H,12-13H2,1-2H3;3-7,10-14,19-20,25-26H,1-2H3;2-5,13,15-16,26-27H,1,6-11H2,(H,24,28)/t20-,21-;3*19-,20-;15-,16-/m11111/s1. The van der Waals surface area contributed by atoms with Crippen molar-refractivity contribution in [3.63, 3.8) is 0 Å². The van der Waals surface area contributed by atoms with Gasteiger partial charge in [0.05, 0.1) is 11.1 Å². The number of likely N-dealkylation sites (N-methyl/N-ethyl adjacent to an activating group) is 3. The number of fused-ring (bicyclic) bond motifs is 4. The maximum Gasteiger partial charge on any atom is 0.416 e. The van der Waals surface area contributed by atoms with E-state index in [4.69, 9.17) is 23.2 Å². The predicted octanol–water partition coefficient (Wildman–Crippen LogP) is 6.95. The van der Waals surface area contributed by atoms with E-state index in [9.17, 15) is 112 Å². The molecule has 0 aliphatic carbocycles. The van der Waals surface area contributed by atoms with Gasteiger partial charge < -0.3 is 96.0 Å². The minimum atomic E-state index is -4.39. The van der Waals surface area contributed by atoms with Crippen LogP contribution in [0.1, 0.15) is 122 Å². The summed E-state index contributed by atoms with van der Waals surface area (Å²) >= 11 is 11.0. The zero-order valence-electron chi connectivity index (χ0n) is 79.7. The van der Waals surface area contributed by atoms with E-state index < -0.39 is 132 Å². The first-order valence-corrected chi connectivity index (χ1v) is 47.4. The first kappa shape index (κ1) is 111. The van der Waals surface area contributed by atoms with Gasteiger partial charge in [-0.2, -0.15) is 13.2 Å². The summed E-state index contributed by atoms with van der Waals surface area (Å²) in [6.45, 7) is 3.11. The lowest BCUT2D eigenvalue weighted by atomic mass is 9.88. The number of aliphatic hydroxyl groups excluding tert-OH is 10. The average Bonchev–Trinajstić information content (AvgIpc) is 1.72. The van der Waals surface area contributed by atoms with Crippen molar-refractivity contribution in [3.8, 4) is 35.5 Å². The van der Waals surface area contributed by atoms with Gasteiger partial charge in [0, 0.05) is 164 Å². The smallest absolute Gasteiger partial charge is 0.380 e. The Bertz CT molecular complexity index is 6270. The van der Waals surface area contributed by atoms with Gasteiger partial charge in [-0.05, 0) is 193 Å². The number of anilines is 1. The second kappa shape index (κ2) is 53.4. The van der Waals surface area contributed by atoms with Crippen molar-refractivity contribution in [2.75, 3.05) is 111 Å². The summed E-state index contributed by atoms with van der Waals surface area (Å²) in [7, 11) is 8.69. The van der Waals surface area contributed by atoms with Crippen molar-refractivity contribution >= 4 is 110 Å². The summed E-state index contributed by atoms with van der Waals surface area (Å²) in [6, 6.07) is 67.0. The first-order chi connectivity index (χ1) is 68.3. The summed E-state index contributed by atoms with van der Waals surface area (Å²) < 4.78 is 39.2. The highest BCUT2D eigenvalue weighted by atomic mass is 35.5. The predicted molar refractivity (Wildman–Crippen MR) is 533 cm³/mol. The maximum atomic E-state index is 12.7. The third-order valence-electron chi connectivity index (χ3n) is 24.2. The van der Waals surface area contributed by atoms with Crippen molar-refractivity contribution in [3.05, 3.63) is 291 Å². The van der Waals surface area contributed by atoms with Crippen LogP contribution in [-0.4, -0.2) is 312 Å². The van der Waals surface area contributed by atoms with Crippen LogP contribution in [0.15, 0.2) is 225 Å². The van der Waals surface area contributed by atoms with Gasteiger partial charge in [-0.15, -0.1) is 23.2 Å². The number of aliphatic hydroxyl groups is 10. The van der Waals surface area contributed by atoms with E-state index in [0.29, 0.717) is 106 Å². The zero-order valence-corrected chi connectivity index (χ0v) is 81.3. The highest BCUT2D eigenvalue weighted by molar-refractivity contribution is 6.18. The molecule has 0 unspecified atom stereocenters. The number of carbonyl (C=O) groups is 10. The highest BCUT2D eigenvalue weighted by Crippen LogP contribution is 2.36. The minimum absolute atomic E-state index is 0.0118. The molecule has 0 radical (unpaired) electrons. The molecule has 9 amide bonds. The normalized spacial score (nSPS) is 15.4. The number of nitrogens with zero attached hydrogens (tertiary/aromatic N) is 8. The molecule has 143 heavy (non-hydrogen) atoms. The molecule has 10 aromatic rings. The molecule has 10 atom stereocenters. The summed E-state index contributed by atoms with van der Waals surface area (Å²) in [6.07, 6.45) is -16.2. The van der Waals surface area contributed by atoms with Crippen LogP contribution in [0.2, 0.25) is 0 Å². The van der Waals surface area contributed by atoms with E-state index in [2.05, 4.69) is 76.5 Å². The number of hydrogen-bond donors (Lipinski definition) is 12. The van der Waals surface area contributed by atoms with Gasteiger partial charge in [0.15, 0.2) is 61.0 Å². The number of likely N-dealkylation sites (tertiary alicyclic amines) is 2. The van der Waals surface area contributed by atoms with Crippen LogP contribution < -0.4 is 15.5 Å². The Balaban J connectivity index is 0.000000184. The Morgan fingerprint density at radius 1 is 0.364 bits per heavy atom. The quantitative estimate of drug-likeness (QED) is 0.0175. The Kier molecular flexibility index (Phi) is 41.6. The molecule has 35 heteroatoms. The van der Waals surface area contributed by atoms with E-state index in [0.717, 1.165) is 95.1 Å².